The SMILES string of the molecule is Cc1cc(C)c(C(C)NCC(O)c2ccsc2)c(C)n1. The Morgan fingerprint density at radius 2 is 2.10 bits per heavy atom. The monoisotopic (exact) mass is 290 g/mol. The number of hydrogen-bond acceptors (Lipinski definition) is 4. The van der Waals surface area contributed by atoms with Gasteiger partial charge in [0, 0.05) is 24.0 Å². The topological polar surface area (TPSA) is 45.1 Å². The van der Waals surface area contributed by atoms with Crippen molar-refractivity contribution in [2.75, 3.05) is 6.54 Å². The summed E-state index contributed by atoms with van der Waals surface area (Å²) < 4.78 is 0. The minimum absolute atomic E-state index is 0.177. The summed E-state index contributed by atoms with van der Waals surface area (Å²) >= 11 is 1.61. The van der Waals surface area contributed by atoms with E-state index >= 15 is 0 Å². The van der Waals surface area contributed by atoms with Gasteiger partial charge in [0.15, 0.2) is 0 Å². The maximum absolute atomic E-state index is 10.1. The second-order valence-corrected chi connectivity index (χ2v) is 6.06. The summed E-state index contributed by atoms with van der Waals surface area (Å²) in [7, 11) is 0. The first kappa shape index (κ1) is 15.2. The van der Waals surface area contributed by atoms with Crippen LogP contribution >= 0.6 is 11.3 Å². The van der Waals surface area contributed by atoms with Crippen LogP contribution in [0.2, 0.25) is 0 Å². The van der Waals surface area contributed by atoms with Crippen LogP contribution in [0.4, 0.5) is 0 Å². The van der Waals surface area contributed by atoms with Crippen LogP contribution in [-0.2, 0) is 0 Å². The van der Waals surface area contributed by atoms with Gasteiger partial charge >= 0.3 is 0 Å². The van der Waals surface area contributed by atoms with Crippen molar-refractivity contribution in [3.05, 3.63) is 51.0 Å². The van der Waals surface area contributed by atoms with Crippen LogP contribution in [0.3, 0.4) is 0 Å². The zero-order valence-corrected chi connectivity index (χ0v) is 13.3. The first-order valence-electron chi connectivity index (χ1n) is 6.87. The van der Waals surface area contributed by atoms with Crippen molar-refractivity contribution in [2.45, 2.75) is 39.8 Å². The molecule has 2 rings (SSSR count). The minimum atomic E-state index is -0.456. The molecule has 0 amide bonds. The molecule has 0 saturated heterocycles. The Bertz CT molecular complexity index is 543. The van der Waals surface area contributed by atoms with E-state index in [1.54, 1.807) is 11.3 Å². The standard InChI is InChI=1S/C16H22N2OS/c1-10-7-11(2)18-13(4)16(10)12(3)17-8-15(19)14-5-6-20-9-14/h5-7,9,12,15,17,19H,8H2,1-4H3. The molecule has 2 heterocycles. The van der Waals surface area contributed by atoms with Gasteiger partial charge in [-0.15, -0.1) is 0 Å². The zero-order valence-electron chi connectivity index (χ0n) is 12.5. The van der Waals surface area contributed by atoms with E-state index in [4.69, 9.17) is 0 Å². The van der Waals surface area contributed by atoms with Gasteiger partial charge in [0.2, 0.25) is 0 Å². The van der Waals surface area contributed by atoms with E-state index in [9.17, 15) is 5.11 Å². The second-order valence-electron chi connectivity index (χ2n) is 5.28. The quantitative estimate of drug-likeness (QED) is 0.886. The number of aliphatic hydroxyl groups is 1. The van der Waals surface area contributed by atoms with E-state index in [1.165, 1.54) is 11.1 Å². The summed E-state index contributed by atoms with van der Waals surface area (Å²) in [6.07, 6.45) is -0.456. The molecule has 3 nitrogen and oxygen atoms in total. The summed E-state index contributed by atoms with van der Waals surface area (Å²) in [5, 5.41) is 17.5. The average Bonchev–Trinajstić information content (AvgIpc) is 2.88. The molecule has 0 bridgehead atoms. The molecule has 2 aromatic heterocycles. The van der Waals surface area contributed by atoms with Gasteiger partial charge in [-0.2, -0.15) is 11.3 Å². The summed E-state index contributed by atoms with van der Waals surface area (Å²) in [5.74, 6) is 0. The van der Waals surface area contributed by atoms with Gasteiger partial charge in [0.1, 0.15) is 0 Å². The van der Waals surface area contributed by atoms with Crippen LogP contribution in [-0.4, -0.2) is 16.6 Å². The van der Waals surface area contributed by atoms with Crippen LogP contribution in [0.5, 0.6) is 0 Å². The van der Waals surface area contributed by atoms with Crippen LogP contribution in [0, 0.1) is 20.8 Å². The van der Waals surface area contributed by atoms with Crippen molar-refractivity contribution in [1.82, 2.24) is 10.3 Å². The summed E-state index contributed by atoms with van der Waals surface area (Å²) in [4.78, 5) is 4.53. The van der Waals surface area contributed by atoms with Gasteiger partial charge in [0.05, 0.1) is 6.10 Å². The molecule has 4 heteroatoms. The fraction of sp³-hybridized carbons (Fsp3) is 0.438. The highest BCUT2D eigenvalue weighted by molar-refractivity contribution is 7.07. The fourth-order valence-electron chi connectivity index (χ4n) is 2.66. The molecule has 20 heavy (non-hydrogen) atoms. The molecule has 0 saturated carbocycles. The van der Waals surface area contributed by atoms with Crippen LogP contribution in [0.25, 0.3) is 0 Å². The van der Waals surface area contributed by atoms with E-state index in [-0.39, 0.29) is 6.04 Å². The lowest BCUT2D eigenvalue weighted by Crippen LogP contribution is -2.26. The molecule has 0 aliphatic rings. The van der Waals surface area contributed by atoms with Gasteiger partial charge in [0.25, 0.3) is 0 Å². The Labute approximate surface area is 124 Å². The molecule has 2 atom stereocenters. The smallest absolute Gasteiger partial charge is 0.0922 e. The van der Waals surface area contributed by atoms with E-state index in [0.717, 1.165) is 17.0 Å². The predicted molar refractivity (Wildman–Crippen MR) is 84.1 cm³/mol. The van der Waals surface area contributed by atoms with Gasteiger partial charge < -0.3 is 10.4 Å². The van der Waals surface area contributed by atoms with Crippen LogP contribution < -0.4 is 5.32 Å². The Morgan fingerprint density at radius 3 is 2.70 bits per heavy atom. The average molecular weight is 290 g/mol. The number of aryl methyl sites for hydroxylation is 3. The third kappa shape index (κ3) is 3.45. The molecule has 0 spiro atoms. The normalized spacial score (nSPS) is 14.2. The molecule has 0 fully saturated rings. The fourth-order valence-corrected chi connectivity index (χ4v) is 3.37. The third-order valence-corrected chi connectivity index (χ3v) is 4.26. The van der Waals surface area contributed by atoms with Crippen molar-refractivity contribution in [3.8, 4) is 0 Å². The number of nitrogens with one attached hydrogen (secondary N) is 1. The van der Waals surface area contributed by atoms with Gasteiger partial charge in [-0.3, -0.25) is 4.98 Å². The van der Waals surface area contributed by atoms with E-state index in [1.807, 2.05) is 30.7 Å². The predicted octanol–water partition coefficient (Wildman–Crippen LogP) is 3.45. The van der Waals surface area contributed by atoms with Crippen LogP contribution in [0.15, 0.2) is 22.9 Å². The number of nitrogens with zero attached hydrogens (tertiary/aromatic N) is 1. The third-order valence-electron chi connectivity index (χ3n) is 3.56. The highest BCUT2D eigenvalue weighted by Crippen LogP contribution is 2.22. The van der Waals surface area contributed by atoms with Crippen molar-refractivity contribution in [2.24, 2.45) is 0 Å². The Balaban J connectivity index is 2.04. The second kappa shape index (κ2) is 6.48. The van der Waals surface area contributed by atoms with E-state index < -0.39 is 6.10 Å². The molecule has 2 aromatic rings. The maximum atomic E-state index is 10.1. The molecule has 2 N–H and O–H groups in total. The first-order valence-corrected chi connectivity index (χ1v) is 7.81. The molecule has 0 aliphatic heterocycles. The highest BCUT2D eigenvalue weighted by atomic mass is 32.1. The maximum Gasteiger partial charge on any atom is 0.0922 e. The molecular weight excluding hydrogens is 268 g/mol. The van der Waals surface area contributed by atoms with Gasteiger partial charge in [-0.1, -0.05) is 0 Å². The molecule has 0 aliphatic carbocycles. The molecule has 2 unspecified atom stereocenters. The number of aliphatic hydroxyl groups excluding tert-OH is 1. The molecule has 0 aromatic carbocycles. The van der Waals surface area contributed by atoms with Gasteiger partial charge in [-0.05, 0) is 67.3 Å². The number of hydrogen-bond donors (Lipinski definition) is 2. The van der Waals surface area contributed by atoms with Crippen molar-refractivity contribution in [1.29, 1.82) is 0 Å². The minimum Gasteiger partial charge on any atom is -0.387 e. The van der Waals surface area contributed by atoms with Crippen molar-refractivity contribution >= 4 is 11.3 Å². The Morgan fingerprint density at radius 1 is 1.35 bits per heavy atom. The highest BCUT2D eigenvalue weighted by Gasteiger charge is 2.15. The molecule has 108 valence electrons. The van der Waals surface area contributed by atoms with E-state index in [0.29, 0.717) is 6.54 Å². The number of thiophene rings is 1. The summed E-state index contributed by atoms with van der Waals surface area (Å²) in [6, 6.07) is 4.25. The lowest BCUT2D eigenvalue weighted by atomic mass is 10.00. The lowest BCUT2D eigenvalue weighted by molar-refractivity contribution is 0.171. The largest absolute Gasteiger partial charge is 0.387 e. The number of pyridine rings is 1. The summed E-state index contributed by atoms with van der Waals surface area (Å²) in [6.45, 7) is 8.84. The first-order chi connectivity index (χ1) is 9.49. The Kier molecular flexibility index (Phi) is 4.91. The van der Waals surface area contributed by atoms with E-state index in [2.05, 4.69) is 30.2 Å². The van der Waals surface area contributed by atoms with Gasteiger partial charge in [-0.25, -0.2) is 0 Å². The molecular formula is C16H22N2OS. The zero-order chi connectivity index (χ0) is 14.7. The summed E-state index contributed by atoms with van der Waals surface area (Å²) in [5.41, 5.74) is 5.57. The van der Waals surface area contributed by atoms with Crippen molar-refractivity contribution < 1.29 is 5.11 Å². The molecule has 0 radical (unpaired) electrons. The number of aromatic nitrogens is 1. The number of rotatable bonds is 5. The van der Waals surface area contributed by atoms with Crippen molar-refractivity contribution in [3.63, 3.8) is 0 Å². The lowest BCUT2D eigenvalue weighted by Gasteiger charge is -2.20. The Hall–Kier alpha value is -1.23. The van der Waals surface area contributed by atoms with Crippen LogP contribution in [0.1, 0.15) is 47.1 Å².